The van der Waals surface area contributed by atoms with E-state index in [9.17, 15) is 13.2 Å². The van der Waals surface area contributed by atoms with E-state index in [1.807, 2.05) is 0 Å². The Morgan fingerprint density at radius 1 is 1.23 bits per heavy atom. The monoisotopic (exact) mass is 395 g/mol. The van der Waals surface area contributed by atoms with Crippen LogP contribution >= 0.6 is 11.6 Å². The number of sulfonamides is 1. The number of rotatable bonds is 3. The van der Waals surface area contributed by atoms with E-state index in [0.29, 0.717) is 17.4 Å². The maximum atomic E-state index is 12.9. The van der Waals surface area contributed by atoms with Gasteiger partial charge in [0.2, 0.25) is 10.0 Å². The van der Waals surface area contributed by atoms with Gasteiger partial charge in [-0.15, -0.1) is 0 Å². The van der Waals surface area contributed by atoms with Gasteiger partial charge >= 0.3 is 0 Å². The Hall–Kier alpha value is -1.44. The first kappa shape index (κ1) is 17.9. The molecule has 2 heterocycles. The largest absolute Gasteiger partial charge is 0.312 e. The van der Waals surface area contributed by atoms with Gasteiger partial charge in [0, 0.05) is 24.0 Å². The molecule has 1 unspecified atom stereocenters. The lowest BCUT2D eigenvalue weighted by atomic mass is 9.88. The van der Waals surface area contributed by atoms with E-state index in [1.54, 1.807) is 12.1 Å². The summed E-state index contributed by atoms with van der Waals surface area (Å²) in [5, 5.41) is 3.32. The second-order valence-corrected chi connectivity index (χ2v) is 9.74. The van der Waals surface area contributed by atoms with Crippen molar-refractivity contribution in [3.8, 4) is 0 Å². The molecule has 3 aliphatic rings. The van der Waals surface area contributed by atoms with E-state index in [1.165, 1.54) is 22.9 Å². The summed E-state index contributed by atoms with van der Waals surface area (Å²) in [7, 11) is -3.69. The SMILES string of the molecule is O=C1NC(C2CCCCC2)=NC12CCN(S(=O)(=O)c1cccc(Cl)c1)C2. The number of carbonyl (C=O) groups is 1. The van der Waals surface area contributed by atoms with Gasteiger partial charge in [0.05, 0.1) is 4.90 Å². The van der Waals surface area contributed by atoms with Crippen molar-refractivity contribution in [2.45, 2.75) is 49.0 Å². The first-order chi connectivity index (χ1) is 12.4. The van der Waals surface area contributed by atoms with Gasteiger partial charge in [-0.1, -0.05) is 36.9 Å². The third-order valence-corrected chi connectivity index (χ3v) is 7.71. The first-order valence-electron chi connectivity index (χ1n) is 9.08. The zero-order valence-electron chi connectivity index (χ0n) is 14.4. The molecule has 6 nitrogen and oxygen atoms in total. The van der Waals surface area contributed by atoms with Crippen LogP contribution in [-0.2, 0) is 14.8 Å². The summed E-state index contributed by atoms with van der Waals surface area (Å²) < 4.78 is 27.2. The average Bonchev–Trinajstić information content (AvgIpc) is 3.21. The number of amidine groups is 1. The van der Waals surface area contributed by atoms with Gasteiger partial charge in [0.25, 0.3) is 5.91 Å². The number of carbonyl (C=O) groups excluding carboxylic acids is 1. The minimum Gasteiger partial charge on any atom is -0.312 e. The van der Waals surface area contributed by atoms with Crippen LogP contribution < -0.4 is 5.32 Å². The van der Waals surface area contributed by atoms with Gasteiger partial charge in [0.1, 0.15) is 5.84 Å². The summed E-state index contributed by atoms with van der Waals surface area (Å²) in [5.74, 6) is 0.893. The van der Waals surface area contributed by atoms with Crippen LogP contribution in [0.4, 0.5) is 0 Å². The Labute approximate surface area is 158 Å². The first-order valence-corrected chi connectivity index (χ1v) is 10.9. The summed E-state index contributed by atoms with van der Waals surface area (Å²) in [6, 6.07) is 6.21. The highest BCUT2D eigenvalue weighted by Gasteiger charge is 2.52. The highest BCUT2D eigenvalue weighted by atomic mass is 35.5. The molecule has 1 spiro atoms. The summed E-state index contributed by atoms with van der Waals surface area (Å²) in [6.07, 6.45) is 6.03. The van der Waals surface area contributed by atoms with Crippen molar-refractivity contribution in [3.63, 3.8) is 0 Å². The average molecular weight is 396 g/mol. The van der Waals surface area contributed by atoms with Crippen molar-refractivity contribution in [2.75, 3.05) is 13.1 Å². The molecule has 0 aromatic heterocycles. The number of aliphatic imine (C=N–C) groups is 1. The molecule has 2 aliphatic heterocycles. The highest BCUT2D eigenvalue weighted by molar-refractivity contribution is 7.89. The molecule has 1 atom stereocenters. The number of nitrogens with one attached hydrogen (secondary N) is 1. The Balaban J connectivity index is 1.57. The molecule has 1 saturated carbocycles. The number of hydrogen-bond acceptors (Lipinski definition) is 4. The third kappa shape index (κ3) is 3.06. The molecule has 1 saturated heterocycles. The lowest BCUT2D eigenvalue weighted by molar-refractivity contribution is -0.123. The van der Waals surface area contributed by atoms with Crippen LogP contribution in [0, 0.1) is 5.92 Å². The van der Waals surface area contributed by atoms with Crippen LogP contribution in [0.3, 0.4) is 0 Å². The summed E-state index contributed by atoms with van der Waals surface area (Å²) in [5.41, 5.74) is -0.974. The van der Waals surface area contributed by atoms with Crippen molar-refractivity contribution in [1.29, 1.82) is 0 Å². The van der Waals surface area contributed by atoms with Gasteiger partial charge in [-0.2, -0.15) is 4.31 Å². The number of amides is 1. The van der Waals surface area contributed by atoms with Crippen LogP contribution in [0.5, 0.6) is 0 Å². The zero-order valence-corrected chi connectivity index (χ0v) is 16.0. The highest BCUT2D eigenvalue weighted by Crippen LogP contribution is 2.35. The molecule has 1 amide bonds. The molecule has 0 bridgehead atoms. The fourth-order valence-corrected chi connectivity index (χ4v) is 5.92. The topological polar surface area (TPSA) is 78.8 Å². The third-order valence-electron chi connectivity index (χ3n) is 5.64. The van der Waals surface area contributed by atoms with Gasteiger partial charge in [0.15, 0.2) is 5.54 Å². The molecule has 140 valence electrons. The molecule has 26 heavy (non-hydrogen) atoms. The second kappa shape index (κ2) is 6.62. The van der Waals surface area contributed by atoms with Gasteiger partial charge in [-0.25, -0.2) is 8.42 Å². The summed E-state index contributed by atoms with van der Waals surface area (Å²) in [4.78, 5) is 17.5. The van der Waals surface area contributed by atoms with Crippen molar-refractivity contribution in [1.82, 2.24) is 9.62 Å². The molecule has 8 heteroatoms. The summed E-state index contributed by atoms with van der Waals surface area (Å²) in [6.45, 7) is 0.369. The van der Waals surface area contributed by atoms with Gasteiger partial charge in [-0.05, 0) is 37.5 Å². The Kier molecular flexibility index (Phi) is 4.57. The quantitative estimate of drug-likeness (QED) is 0.854. The molecule has 1 aromatic rings. The van der Waals surface area contributed by atoms with Crippen LogP contribution in [-0.4, -0.2) is 43.1 Å². The van der Waals surface area contributed by atoms with Gasteiger partial charge < -0.3 is 5.32 Å². The predicted octanol–water partition coefficient (Wildman–Crippen LogP) is 2.58. The Morgan fingerprint density at radius 3 is 2.73 bits per heavy atom. The van der Waals surface area contributed by atoms with Gasteiger partial charge in [-0.3, -0.25) is 9.79 Å². The molecular weight excluding hydrogens is 374 g/mol. The minimum absolute atomic E-state index is 0.0872. The maximum absolute atomic E-state index is 12.9. The molecule has 2 fully saturated rings. The van der Waals surface area contributed by atoms with Crippen LogP contribution in [0.1, 0.15) is 38.5 Å². The fourth-order valence-electron chi connectivity index (χ4n) is 4.13. The van der Waals surface area contributed by atoms with Crippen LogP contribution in [0.2, 0.25) is 5.02 Å². The Bertz CT molecular complexity index is 864. The molecule has 4 rings (SSSR count). The molecule has 1 aliphatic carbocycles. The minimum atomic E-state index is -3.69. The maximum Gasteiger partial charge on any atom is 0.254 e. The number of halogens is 1. The van der Waals surface area contributed by atoms with E-state index in [0.717, 1.165) is 31.5 Å². The molecular formula is C18H22ClN3O3S. The van der Waals surface area contributed by atoms with Crippen molar-refractivity contribution in [2.24, 2.45) is 10.9 Å². The van der Waals surface area contributed by atoms with Crippen LogP contribution in [0.15, 0.2) is 34.2 Å². The van der Waals surface area contributed by atoms with E-state index < -0.39 is 15.6 Å². The van der Waals surface area contributed by atoms with E-state index in [-0.39, 0.29) is 23.9 Å². The van der Waals surface area contributed by atoms with E-state index >= 15 is 0 Å². The lowest BCUT2D eigenvalue weighted by Gasteiger charge is -2.21. The van der Waals surface area contributed by atoms with Crippen molar-refractivity contribution in [3.05, 3.63) is 29.3 Å². The van der Waals surface area contributed by atoms with E-state index in [2.05, 4.69) is 5.32 Å². The predicted molar refractivity (Wildman–Crippen MR) is 99.7 cm³/mol. The summed E-state index contributed by atoms with van der Waals surface area (Å²) >= 11 is 5.94. The standard InChI is InChI=1S/C18H22ClN3O3S/c19-14-7-4-8-15(11-14)26(24,25)22-10-9-18(12-22)17(23)20-16(21-18)13-5-2-1-3-6-13/h4,7-8,11,13H,1-3,5-6,9-10,12H2,(H,20,21,23). The molecule has 1 N–H and O–H groups in total. The smallest absolute Gasteiger partial charge is 0.254 e. The number of hydrogen-bond donors (Lipinski definition) is 1. The second-order valence-electron chi connectivity index (χ2n) is 7.36. The number of benzene rings is 1. The number of nitrogens with zero attached hydrogens (tertiary/aromatic N) is 2. The van der Waals surface area contributed by atoms with Crippen molar-refractivity contribution < 1.29 is 13.2 Å². The van der Waals surface area contributed by atoms with Crippen molar-refractivity contribution >= 4 is 33.4 Å². The zero-order chi connectivity index (χ0) is 18.4. The normalized spacial score (nSPS) is 27.7. The molecule has 0 radical (unpaired) electrons. The lowest BCUT2D eigenvalue weighted by Crippen LogP contribution is -2.43. The Morgan fingerprint density at radius 2 is 2.00 bits per heavy atom. The van der Waals surface area contributed by atoms with Crippen LogP contribution in [0.25, 0.3) is 0 Å². The fraction of sp³-hybridized carbons (Fsp3) is 0.556. The van der Waals surface area contributed by atoms with E-state index in [4.69, 9.17) is 16.6 Å². The molecule has 1 aromatic carbocycles.